The number of aliphatic hydroxyl groups is 1. The molecular weight excluding hydrogens is 448 g/mol. The van der Waals surface area contributed by atoms with E-state index in [9.17, 15) is 24.3 Å². The first kappa shape index (κ1) is 25.5. The lowest BCUT2D eigenvalue weighted by atomic mass is 9.53. The van der Waals surface area contributed by atoms with Crippen molar-refractivity contribution in [3.05, 3.63) is 34.9 Å². The summed E-state index contributed by atoms with van der Waals surface area (Å²) in [6.45, 7) is 6.79. The maximum atomic E-state index is 13.6. The molecule has 0 aromatic carbocycles. The van der Waals surface area contributed by atoms with Gasteiger partial charge < -0.3 is 14.6 Å². The van der Waals surface area contributed by atoms with Crippen molar-refractivity contribution in [1.82, 2.24) is 0 Å². The topological polar surface area (TPSA) is 107 Å². The van der Waals surface area contributed by atoms with Crippen molar-refractivity contribution in [1.29, 1.82) is 0 Å². The Bertz CT molecular complexity index is 1050. The number of hydrogen-bond donors (Lipinski definition) is 1. The van der Waals surface area contributed by atoms with Gasteiger partial charge in [0.2, 0.25) is 5.78 Å². The van der Waals surface area contributed by atoms with Crippen LogP contribution in [0.2, 0.25) is 0 Å². The fourth-order valence-electron chi connectivity index (χ4n) is 7.05. The molecule has 7 heteroatoms. The summed E-state index contributed by atoms with van der Waals surface area (Å²) in [5.74, 6) is -1.47. The molecular formula is C28H36O7. The summed E-state index contributed by atoms with van der Waals surface area (Å²) in [7, 11) is 0. The second-order valence-electron chi connectivity index (χ2n) is 10.9. The van der Waals surface area contributed by atoms with E-state index in [1.54, 1.807) is 19.1 Å². The summed E-state index contributed by atoms with van der Waals surface area (Å²) in [6, 6.07) is 0. The van der Waals surface area contributed by atoms with Crippen molar-refractivity contribution < 1.29 is 33.8 Å². The highest BCUT2D eigenvalue weighted by molar-refractivity contribution is 6.01. The van der Waals surface area contributed by atoms with Crippen LogP contribution in [0.1, 0.15) is 79.1 Å². The predicted molar refractivity (Wildman–Crippen MR) is 128 cm³/mol. The third-order valence-electron chi connectivity index (χ3n) is 9.04. The number of fused-ring (bicyclic) bond motifs is 4. The smallest absolute Gasteiger partial charge is 0.308 e. The average Bonchev–Trinajstić information content (AvgIpc) is 3.10. The summed E-state index contributed by atoms with van der Waals surface area (Å²) in [4.78, 5) is 49.9. The van der Waals surface area contributed by atoms with Crippen LogP contribution in [0, 0.1) is 16.7 Å². The number of carbonyl (C=O) groups excluding carboxylic acids is 4. The lowest BCUT2D eigenvalue weighted by Crippen LogP contribution is -2.57. The van der Waals surface area contributed by atoms with Gasteiger partial charge in [-0.3, -0.25) is 19.2 Å². The van der Waals surface area contributed by atoms with Crippen LogP contribution in [0.4, 0.5) is 0 Å². The lowest BCUT2D eigenvalue weighted by Gasteiger charge is -2.52. The minimum Gasteiger partial charge on any atom is -0.457 e. The van der Waals surface area contributed by atoms with Crippen molar-refractivity contribution in [2.24, 2.45) is 16.7 Å². The lowest BCUT2D eigenvalue weighted by molar-refractivity contribution is -0.184. The van der Waals surface area contributed by atoms with Gasteiger partial charge in [0.25, 0.3) is 0 Å². The Labute approximate surface area is 206 Å². The molecule has 0 bridgehead atoms. The number of aliphatic hydroxyl groups excluding tert-OH is 1. The van der Waals surface area contributed by atoms with Gasteiger partial charge >= 0.3 is 11.9 Å². The third kappa shape index (κ3) is 4.11. The minimum atomic E-state index is -1.36. The molecule has 4 rings (SSSR count). The largest absolute Gasteiger partial charge is 0.457 e. The van der Waals surface area contributed by atoms with Gasteiger partial charge in [-0.2, -0.15) is 0 Å². The second kappa shape index (κ2) is 9.16. The molecule has 1 fully saturated rings. The van der Waals surface area contributed by atoms with Crippen LogP contribution in [0.25, 0.3) is 0 Å². The highest BCUT2D eigenvalue weighted by Gasteiger charge is 2.66. The summed E-state index contributed by atoms with van der Waals surface area (Å²) >= 11 is 0. The Balaban J connectivity index is 1.64. The van der Waals surface area contributed by atoms with Gasteiger partial charge in [-0.05, 0) is 69.9 Å². The monoisotopic (exact) mass is 484 g/mol. The highest BCUT2D eigenvalue weighted by atomic mass is 16.6. The quantitative estimate of drug-likeness (QED) is 0.431. The number of hydrogen-bond acceptors (Lipinski definition) is 7. The molecule has 5 atom stereocenters. The summed E-state index contributed by atoms with van der Waals surface area (Å²) in [6.07, 6.45) is 8.97. The molecule has 35 heavy (non-hydrogen) atoms. The summed E-state index contributed by atoms with van der Waals surface area (Å²) in [5, 5.41) is 9.71. The number of rotatable bonds is 7. The zero-order valence-corrected chi connectivity index (χ0v) is 21.1. The van der Waals surface area contributed by atoms with Crippen LogP contribution in [-0.2, 0) is 28.7 Å². The minimum absolute atomic E-state index is 0.0310. The number of carbonyl (C=O) groups is 4. The molecule has 0 spiro atoms. The Kier molecular flexibility index (Phi) is 6.68. The van der Waals surface area contributed by atoms with Crippen LogP contribution < -0.4 is 0 Å². The van der Waals surface area contributed by atoms with Crippen molar-refractivity contribution in [3.63, 3.8) is 0 Å². The first-order chi connectivity index (χ1) is 16.5. The first-order valence-corrected chi connectivity index (χ1v) is 12.7. The predicted octanol–water partition coefficient (Wildman–Crippen LogP) is 3.93. The summed E-state index contributed by atoms with van der Waals surface area (Å²) in [5.41, 5.74) is 1.54. The molecule has 1 N–H and O–H groups in total. The molecule has 0 amide bonds. The fraction of sp³-hybridized carbons (Fsp3) is 0.643. The first-order valence-electron chi connectivity index (χ1n) is 12.7. The van der Waals surface area contributed by atoms with Gasteiger partial charge in [-0.15, -0.1) is 0 Å². The van der Waals surface area contributed by atoms with Gasteiger partial charge in [-0.25, -0.2) is 0 Å². The molecule has 4 aliphatic rings. The Morgan fingerprint density at radius 2 is 1.91 bits per heavy atom. The van der Waals surface area contributed by atoms with Crippen LogP contribution in [0.15, 0.2) is 34.9 Å². The van der Waals surface area contributed by atoms with E-state index in [1.165, 1.54) is 18.1 Å². The molecule has 7 nitrogen and oxygen atoms in total. The van der Waals surface area contributed by atoms with Crippen molar-refractivity contribution in [3.8, 4) is 0 Å². The zero-order valence-electron chi connectivity index (χ0n) is 21.1. The molecule has 1 unspecified atom stereocenters. The SMILES string of the molecule is CCC(O)CC(=O)OCC(=O)[C@@]1(OC(C)=O)CC[C@H]2C3=C(CC[C@@]21C)[C@@]1(C)C=CC(=O)C=C1CC3. The molecule has 0 aliphatic heterocycles. The van der Waals surface area contributed by atoms with Gasteiger partial charge in [0.15, 0.2) is 18.0 Å². The van der Waals surface area contributed by atoms with Gasteiger partial charge in [0.1, 0.15) is 0 Å². The fourth-order valence-corrected chi connectivity index (χ4v) is 7.05. The Morgan fingerprint density at radius 3 is 2.60 bits per heavy atom. The number of ether oxygens (including phenoxy) is 2. The second-order valence-corrected chi connectivity index (χ2v) is 10.9. The van der Waals surface area contributed by atoms with Gasteiger partial charge in [0, 0.05) is 17.8 Å². The number of allylic oxidation sites excluding steroid dienone is 6. The third-order valence-corrected chi connectivity index (χ3v) is 9.04. The normalized spacial score (nSPS) is 34.4. The molecule has 0 aromatic rings. The molecule has 190 valence electrons. The average molecular weight is 485 g/mol. The number of esters is 2. The van der Waals surface area contributed by atoms with E-state index in [0.717, 1.165) is 24.8 Å². The van der Waals surface area contributed by atoms with Crippen LogP contribution >= 0.6 is 0 Å². The van der Waals surface area contributed by atoms with E-state index in [1.807, 2.05) is 13.0 Å². The van der Waals surface area contributed by atoms with E-state index in [-0.39, 0.29) is 23.5 Å². The van der Waals surface area contributed by atoms with Crippen LogP contribution in [0.5, 0.6) is 0 Å². The summed E-state index contributed by atoms with van der Waals surface area (Å²) < 4.78 is 11.1. The Morgan fingerprint density at radius 1 is 1.17 bits per heavy atom. The highest BCUT2D eigenvalue weighted by Crippen LogP contribution is 2.65. The molecule has 1 saturated carbocycles. The van der Waals surface area contributed by atoms with E-state index in [4.69, 9.17) is 9.47 Å². The number of Topliss-reactive ketones (excluding diaryl/α,β-unsaturated/α-hetero) is 1. The van der Waals surface area contributed by atoms with E-state index in [2.05, 4.69) is 6.92 Å². The van der Waals surface area contributed by atoms with Crippen molar-refractivity contribution >= 4 is 23.5 Å². The van der Waals surface area contributed by atoms with Crippen LogP contribution in [0.3, 0.4) is 0 Å². The molecule has 0 heterocycles. The van der Waals surface area contributed by atoms with Crippen molar-refractivity contribution in [2.45, 2.75) is 90.8 Å². The van der Waals surface area contributed by atoms with E-state index in [0.29, 0.717) is 25.7 Å². The van der Waals surface area contributed by atoms with E-state index >= 15 is 0 Å². The maximum Gasteiger partial charge on any atom is 0.308 e. The van der Waals surface area contributed by atoms with Gasteiger partial charge in [0.05, 0.1) is 12.5 Å². The molecule has 0 saturated heterocycles. The maximum absolute atomic E-state index is 13.6. The zero-order chi connectivity index (χ0) is 25.6. The standard InChI is InChI=1S/C28H36O7/c1-5-19(30)15-25(33)34-16-24(32)28(35-17(2)29)13-10-23-21-7-6-18-14-20(31)8-11-26(18,3)22(21)9-12-27(23,28)4/h8,11,14,19,23,30H,5-7,9-10,12-13,15-16H2,1-4H3/t19?,23-,26-,27-,28-/m0/s1. The molecule has 4 aliphatic carbocycles. The molecule has 0 aromatic heterocycles. The number of ketones is 2. The van der Waals surface area contributed by atoms with Gasteiger partial charge in [-0.1, -0.05) is 36.6 Å². The molecule has 0 radical (unpaired) electrons. The van der Waals surface area contributed by atoms with E-state index < -0.39 is 41.4 Å². The van der Waals surface area contributed by atoms with Crippen molar-refractivity contribution in [2.75, 3.05) is 6.61 Å². The van der Waals surface area contributed by atoms with Crippen LogP contribution in [-0.4, -0.2) is 46.9 Å². The Hall–Kier alpha value is -2.54.